The maximum Gasteiger partial charge on any atom is 0.224 e. The van der Waals surface area contributed by atoms with Gasteiger partial charge >= 0.3 is 0 Å². The molecule has 0 radical (unpaired) electrons. The van der Waals surface area contributed by atoms with E-state index in [1.807, 2.05) is 18.7 Å². The van der Waals surface area contributed by atoms with Crippen molar-refractivity contribution in [3.8, 4) is 0 Å². The van der Waals surface area contributed by atoms with E-state index < -0.39 is 0 Å². The van der Waals surface area contributed by atoms with Crippen molar-refractivity contribution in [2.75, 3.05) is 36.1 Å². The van der Waals surface area contributed by atoms with Gasteiger partial charge in [-0.3, -0.25) is 0 Å². The Morgan fingerprint density at radius 1 is 1.33 bits per heavy atom. The van der Waals surface area contributed by atoms with Crippen LogP contribution in [0.15, 0.2) is 29.2 Å². The van der Waals surface area contributed by atoms with Gasteiger partial charge in [0.15, 0.2) is 0 Å². The highest BCUT2D eigenvalue weighted by Gasteiger charge is 2.11. The predicted octanol–water partition coefficient (Wildman–Crippen LogP) is 3.65. The molecule has 0 amide bonds. The minimum Gasteiger partial charge on any atom is -0.479 e. The quantitative estimate of drug-likeness (QED) is 0.622. The number of rotatable bonds is 3. The van der Waals surface area contributed by atoms with E-state index in [4.69, 9.17) is 17.0 Å². The minimum absolute atomic E-state index is 0.597. The van der Waals surface area contributed by atoms with E-state index >= 15 is 0 Å². The first kappa shape index (κ1) is 14.0. The molecular weight excluding hydrogens is 282 g/mol. The minimum atomic E-state index is 0.597. The smallest absolute Gasteiger partial charge is 0.224 e. The van der Waals surface area contributed by atoms with Crippen LogP contribution in [0.4, 0.5) is 5.69 Å². The zero-order valence-corrected chi connectivity index (χ0v) is 12.9. The normalized spacial score (nSPS) is 15.5. The Hall–Kier alpha value is -0.390. The lowest BCUT2D eigenvalue weighted by molar-refractivity contribution is 0.346. The van der Waals surface area contributed by atoms with E-state index in [2.05, 4.69) is 29.2 Å². The van der Waals surface area contributed by atoms with E-state index in [1.165, 1.54) is 29.0 Å². The molecule has 1 aliphatic rings. The van der Waals surface area contributed by atoms with Crippen LogP contribution in [0.2, 0.25) is 0 Å². The van der Waals surface area contributed by atoms with Gasteiger partial charge in [-0.15, -0.1) is 0 Å². The Morgan fingerprint density at radius 2 is 2.00 bits per heavy atom. The molecule has 18 heavy (non-hydrogen) atoms. The molecule has 98 valence electrons. The highest BCUT2D eigenvalue weighted by atomic mass is 32.2. The van der Waals surface area contributed by atoms with Gasteiger partial charge < -0.3 is 9.64 Å². The molecule has 1 saturated heterocycles. The molecule has 0 atom stereocenters. The first-order valence-corrected chi connectivity index (χ1v) is 8.45. The van der Waals surface area contributed by atoms with Gasteiger partial charge in [-0.05, 0) is 55.2 Å². The van der Waals surface area contributed by atoms with Crippen LogP contribution in [0.1, 0.15) is 6.92 Å². The van der Waals surface area contributed by atoms with Crippen LogP contribution in [0, 0.1) is 0 Å². The SMILES string of the molecule is CCOC(=S)Sc1ccc(N2CCSCC2)cc1. The van der Waals surface area contributed by atoms with E-state index in [0.29, 0.717) is 11.0 Å². The summed E-state index contributed by atoms with van der Waals surface area (Å²) in [6.07, 6.45) is 0. The van der Waals surface area contributed by atoms with Crippen molar-refractivity contribution in [3.63, 3.8) is 0 Å². The van der Waals surface area contributed by atoms with Crippen molar-refractivity contribution in [1.29, 1.82) is 0 Å². The highest BCUT2D eigenvalue weighted by Crippen LogP contribution is 2.25. The topological polar surface area (TPSA) is 12.5 Å². The molecule has 0 aromatic heterocycles. The van der Waals surface area contributed by atoms with Gasteiger partial charge in [0.2, 0.25) is 4.38 Å². The van der Waals surface area contributed by atoms with Gasteiger partial charge in [-0.2, -0.15) is 11.8 Å². The van der Waals surface area contributed by atoms with Gasteiger partial charge in [-0.1, -0.05) is 0 Å². The lowest BCUT2D eigenvalue weighted by Gasteiger charge is -2.28. The van der Waals surface area contributed by atoms with Crippen molar-refractivity contribution in [3.05, 3.63) is 24.3 Å². The summed E-state index contributed by atoms with van der Waals surface area (Å²) in [4.78, 5) is 3.58. The molecule has 0 saturated carbocycles. The Balaban J connectivity index is 1.94. The van der Waals surface area contributed by atoms with Crippen LogP contribution in [-0.2, 0) is 4.74 Å². The van der Waals surface area contributed by atoms with E-state index in [1.54, 1.807) is 0 Å². The summed E-state index contributed by atoms with van der Waals surface area (Å²) < 4.78 is 5.87. The van der Waals surface area contributed by atoms with Gasteiger partial charge in [0, 0.05) is 35.2 Å². The standard InChI is InChI=1S/C13H17NOS3/c1-2-15-13(16)18-12-5-3-11(4-6-12)14-7-9-17-10-8-14/h3-6H,2,7-10H2,1H3. The lowest BCUT2D eigenvalue weighted by atomic mass is 10.3. The van der Waals surface area contributed by atoms with E-state index in [9.17, 15) is 0 Å². The molecule has 0 unspecified atom stereocenters. The summed E-state index contributed by atoms with van der Waals surface area (Å²) in [5.41, 5.74) is 1.31. The van der Waals surface area contributed by atoms with Crippen molar-refractivity contribution in [2.45, 2.75) is 11.8 Å². The number of hydrogen-bond donors (Lipinski definition) is 0. The van der Waals surface area contributed by atoms with Crippen LogP contribution >= 0.6 is 35.7 Å². The van der Waals surface area contributed by atoms with E-state index in [-0.39, 0.29) is 0 Å². The molecule has 1 aromatic rings. The molecule has 1 fully saturated rings. The van der Waals surface area contributed by atoms with Crippen LogP contribution < -0.4 is 4.90 Å². The number of thiocarbonyl (C=S) groups is 1. The average molecular weight is 299 g/mol. The largest absolute Gasteiger partial charge is 0.479 e. The Labute approximate surface area is 122 Å². The first-order valence-electron chi connectivity index (χ1n) is 6.07. The molecular formula is C13H17NOS3. The maximum absolute atomic E-state index is 5.27. The van der Waals surface area contributed by atoms with E-state index in [0.717, 1.165) is 18.0 Å². The summed E-state index contributed by atoms with van der Waals surface area (Å²) in [5.74, 6) is 2.45. The molecule has 1 heterocycles. The summed E-state index contributed by atoms with van der Waals surface area (Å²) in [6, 6.07) is 8.58. The van der Waals surface area contributed by atoms with Crippen LogP contribution in [0.5, 0.6) is 0 Å². The zero-order chi connectivity index (χ0) is 12.8. The fourth-order valence-corrected chi connectivity index (χ4v) is 3.74. The number of ether oxygens (including phenoxy) is 1. The molecule has 0 spiro atoms. The van der Waals surface area contributed by atoms with Gasteiger partial charge in [0.1, 0.15) is 0 Å². The van der Waals surface area contributed by atoms with Crippen LogP contribution in [0.25, 0.3) is 0 Å². The number of nitrogens with zero attached hydrogens (tertiary/aromatic N) is 1. The van der Waals surface area contributed by atoms with Crippen LogP contribution in [0.3, 0.4) is 0 Å². The summed E-state index contributed by atoms with van der Waals surface area (Å²) in [6.45, 7) is 4.88. The Bertz CT molecular complexity index is 388. The zero-order valence-electron chi connectivity index (χ0n) is 10.4. The number of benzene rings is 1. The lowest BCUT2D eigenvalue weighted by Crippen LogP contribution is -2.32. The van der Waals surface area contributed by atoms with Crippen molar-refractivity contribution < 1.29 is 4.74 Å². The predicted molar refractivity (Wildman–Crippen MR) is 86.1 cm³/mol. The molecule has 2 nitrogen and oxygen atoms in total. The van der Waals surface area contributed by atoms with Crippen molar-refractivity contribution in [1.82, 2.24) is 0 Å². The fraction of sp³-hybridized carbons (Fsp3) is 0.462. The number of hydrogen-bond acceptors (Lipinski definition) is 5. The summed E-state index contributed by atoms with van der Waals surface area (Å²) in [7, 11) is 0. The molecule has 5 heteroatoms. The summed E-state index contributed by atoms with van der Waals surface area (Å²) >= 11 is 8.66. The molecule has 1 aliphatic heterocycles. The third-order valence-corrected chi connectivity index (χ3v) is 4.78. The van der Waals surface area contributed by atoms with Gasteiger partial charge in [-0.25, -0.2) is 0 Å². The van der Waals surface area contributed by atoms with Crippen molar-refractivity contribution in [2.24, 2.45) is 0 Å². The molecule has 0 aliphatic carbocycles. The highest BCUT2D eigenvalue weighted by molar-refractivity contribution is 8.22. The third-order valence-electron chi connectivity index (χ3n) is 2.68. The second kappa shape index (κ2) is 7.26. The molecule has 1 aromatic carbocycles. The van der Waals surface area contributed by atoms with Crippen molar-refractivity contribution >= 4 is 45.8 Å². The third kappa shape index (κ3) is 4.07. The maximum atomic E-state index is 5.27. The average Bonchev–Trinajstić information content (AvgIpc) is 2.41. The Kier molecular flexibility index (Phi) is 5.66. The second-order valence-corrected chi connectivity index (χ2v) is 6.78. The number of anilines is 1. The first-order chi connectivity index (χ1) is 8.79. The Morgan fingerprint density at radius 3 is 2.61 bits per heavy atom. The van der Waals surface area contributed by atoms with Gasteiger partial charge in [0.25, 0.3) is 0 Å². The molecule has 2 rings (SSSR count). The second-order valence-electron chi connectivity index (χ2n) is 3.88. The monoisotopic (exact) mass is 299 g/mol. The van der Waals surface area contributed by atoms with Crippen LogP contribution in [-0.4, -0.2) is 35.6 Å². The molecule has 0 bridgehead atoms. The molecule has 0 N–H and O–H groups in total. The number of thioether (sulfide) groups is 2. The van der Waals surface area contributed by atoms with Gasteiger partial charge in [0.05, 0.1) is 6.61 Å². The summed E-state index contributed by atoms with van der Waals surface area (Å²) in [5, 5.41) is 0. The fourth-order valence-electron chi connectivity index (χ4n) is 1.79.